The Morgan fingerprint density at radius 2 is 1.43 bits per heavy atom. The molecule has 0 amide bonds. The fourth-order valence-corrected chi connectivity index (χ4v) is 34.2. The van der Waals surface area contributed by atoms with E-state index < -0.39 is 59.6 Å². The van der Waals surface area contributed by atoms with Crippen LogP contribution in [0.1, 0.15) is 121 Å². The summed E-state index contributed by atoms with van der Waals surface area (Å²) in [7, 11) is -5.92. The number of anilines is 1. The molecule has 1 aromatic heterocycles. The summed E-state index contributed by atoms with van der Waals surface area (Å²) < 4.78 is 51.2. The number of rotatable bonds is 15. The van der Waals surface area contributed by atoms with Crippen LogP contribution in [-0.2, 0) is 17.7 Å². The molecule has 0 saturated carbocycles. The zero-order chi connectivity index (χ0) is 34.4. The number of fused-ring (bicyclic) bond motifs is 1. The number of hydrogen-bond donors (Lipinski definition) is 1. The van der Waals surface area contributed by atoms with Gasteiger partial charge in [-0.2, -0.15) is 0 Å². The maximum absolute atomic E-state index is 18.2. The molecule has 3 atom stereocenters. The van der Waals surface area contributed by atoms with E-state index in [-0.39, 0.29) is 38.4 Å². The van der Waals surface area contributed by atoms with Crippen LogP contribution in [-0.4, -0.2) is 63.9 Å². The molecule has 2 aliphatic rings. The van der Waals surface area contributed by atoms with Crippen molar-refractivity contribution >= 4 is 41.3 Å². The average molecular weight is 789 g/mol. The van der Waals surface area contributed by atoms with Crippen LogP contribution in [0.4, 0.5) is 10.2 Å². The molecule has 1 aromatic rings. The Morgan fingerprint density at radius 1 is 0.935 bits per heavy atom. The molecule has 3 heterocycles. The summed E-state index contributed by atoms with van der Waals surface area (Å²) in [6.45, 7) is 24.3. The summed E-state index contributed by atoms with van der Waals surface area (Å²) >= 11 is -3.68. The van der Waals surface area contributed by atoms with Crippen LogP contribution < -0.4 is 11.4 Å². The van der Waals surface area contributed by atoms with Crippen LogP contribution in [0.15, 0.2) is 26.5 Å². The van der Waals surface area contributed by atoms with E-state index in [1.165, 1.54) is 4.57 Å². The summed E-state index contributed by atoms with van der Waals surface area (Å²) in [6.07, 6.45) is 5.43. The maximum atomic E-state index is 18.2. The van der Waals surface area contributed by atoms with Gasteiger partial charge in [0.1, 0.15) is 0 Å². The molecular formula is C34H64FN3O5Si2Sn. The Morgan fingerprint density at radius 3 is 1.87 bits per heavy atom. The predicted molar refractivity (Wildman–Crippen MR) is 194 cm³/mol. The molecule has 12 heteroatoms. The van der Waals surface area contributed by atoms with Crippen LogP contribution >= 0.6 is 0 Å². The number of halogens is 1. The first kappa shape index (κ1) is 39.9. The number of nitrogens with zero attached hydrogens (tertiary/aromatic N) is 2. The summed E-state index contributed by atoms with van der Waals surface area (Å²) in [6, 6.07) is 1.58. The van der Waals surface area contributed by atoms with E-state index in [1.54, 1.807) is 12.3 Å². The predicted octanol–water partition coefficient (Wildman–Crippen LogP) is 9.29. The Labute approximate surface area is 284 Å². The van der Waals surface area contributed by atoms with Crippen LogP contribution in [0.5, 0.6) is 0 Å². The standard InChI is InChI=1S/C22H37FN3O5Si2.3C4H9.Sn/c1-13(2)32(14(3)4)28-12-18-20(30-33(31-32,15(5)6)16(7)8)17(11-23)21(29-18)26-10-9-19(24)25-22(26)27;3*1-3-4-2;/h9-10,13-16,18,20-21H,12H2,1-8H3,(H2,24,25,27);3*1,3-4H2,2H3;/t18-,20+,21-;;;;/m1..../s1. The fraction of sp³-hybridized carbons (Fsp3) is 0.824. The van der Waals surface area contributed by atoms with Crippen molar-refractivity contribution < 1.29 is 22.1 Å². The number of aromatic nitrogens is 2. The molecule has 264 valence electrons. The number of unbranched alkanes of at least 4 members (excludes halogenated alkanes) is 3. The third kappa shape index (κ3) is 8.07. The van der Waals surface area contributed by atoms with Crippen molar-refractivity contribution in [3.63, 3.8) is 0 Å². The van der Waals surface area contributed by atoms with E-state index in [2.05, 4.69) is 81.1 Å². The zero-order valence-corrected chi connectivity index (χ0v) is 35.5. The van der Waals surface area contributed by atoms with Gasteiger partial charge in [-0.05, 0) is 0 Å². The van der Waals surface area contributed by atoms with Gasteiger partial charge in [-0.25, -0.2) is 0 Å². The van der Waals surface area contributed by atoms with Crippen LogP contribution in [0.25, 0.3) is 0 Å². The van der Waals surface area contributed by atoms with Crippen molar-refractivity contribution in [2.75, 3.05) is 12.3 Å². The Hall–Kier alpha value is -0.578. The van der Waals surface area contributed by atoms with Gasteiger partial charge >= 0.3 is 286 Å². The van der Waals surface area contributed by atoms with Crippen molar-refractivity contribution in [2.24, 2.45) is 0 Å². The van der Waals surface area contributed by atoms with E-state index in [0.717, 1.165) is 51.8 Å². The van der Waals surface area contributed by atoms with Crippen LogP contribution in [0, 0.1) is 0 Å². The molecule has 2 N–H and O–H groups in total. The van der Waals surface area contributed by atoms with E-state index >= 15 is 4.39 Å². The van der Waals surface area contributed by atoms with E-state index in [0.29, 0.717) is 5.57 Å². The molecular weight excluding hydrogens is 724 g/mol. The number of nitrogens with two attached hydrogens (primary N) is 1. The second-order valence-corrected chi connectivity index (χ2v) is 36.6. The van der Waals surface area contributed by atoms with Crippen molar-refractivity contribution in [2.45, 2.75) is 169 Å². The summed E-state index contributed by atoms with van der Waals surface area (Å²) in [4.78, 5) is 17.4. The van der Waals surface area contributed by atoms with Crippen molar-refractivity contribution in [3.05, 3.63) is 32.2 Å². The van der Waals surface area contributed by atoms with Crippen molar-refractivity contribution in [3.8, 4) is 0 Å². The normalized spacial score (nSPS) is 24.5. The molecule has 2 aliphatic heterocycles. The first-order chi connectivity index (χ1) is 21.7. The fourth-order valence-electron chi connectivity index (χ4n) is 7.65. The molecule has 3 rings (SSSR count). The molecule has 2 saturated heterocycles. The molecule has 2 fully saturated rings. The van der Waals surface area contributed by atoms with Crippen molar-refractivity contribution in [1.82, 2.24) is 9.55 Å². The minimum atomic E-state index is -3.68. The SMILES string of the molecule is CCC[CH2][Sn]([CH2]CCC)([CH2]CCC)/[C](F)=C1\[C@H](n2ccc(N)nc2=O)O[C@@H]2CO[Si](C(C)C)(C(C)C)O[Si](C(C)C)(C(C)C)O[C@@H]12. The van der Waals surface area contributed by atoms with Gasteiger partial charge in [0.05, 0.1) is 0 Å². The Balaban J connectivity index is 2.40. The second-order valence-electron chi connectivity index (χ2n) is 14.9. The van der Waals surface area contributed by atoms with Gasteiger partial charge in [-0.3, -0.25) is 0 Å². The van der Waals surface area contributed by atoms with Crippen LogP contribution in [0.2, 0.25) is 35.5 Å². The molecule has 8 nitrogen and oxygen atoms in total. The van der Waals surface area contributed by atoms with Gasteiger partial charge in [0.25, 0.3) is 0 Å². The van der Waals surface area contributed by atoms with Gasteiger partial charge in [-0.15, -0.1) is 0 Å². The molecule has 0 spiro atoms. The molecule has 0 bridgehead atoms. The third-order valence-corrected chi connectivity index (χ3v) is 35.3. The monoisotopic (exact) mass is 789 g/mol. The number of hydrogen-bond acceptors (Lipinski definition) is 7. The van der Waals surface area contributed by atoms with E-state index in [4.69, 9.17) is 23.4 Å². The first-order valence-electron chi connectivity index (χ1n) is 18.1. The quantitative estimate of drug-likeness (QED) is 0.177. The zero-order valence-electron chi connectivity index (χ0n) is 30.7. The summed E-state index contributed by atoms with van der Waals surface area (Å²) in [5.74, 6) is 0.127. The summed E-state index contributed by atoms with van der Waals surface area (Å²) in [5.41, 5.74) is 6.35. The Kier molecular flexibility index (Phi) is 14.6. The van der Waals surface area contributed by atoms with Crippen molar-refractivity contribution in [1.29, 1.82) is 0 Å². The van der Waals surface area contributed by atoms with E-state index in [1.807, 2.05) is 0 Å². The van der Waals surface area contributed by atoms with Crippen LogP contribution in [0.3, 0.4) is 0 Å². The first-order valence-corrected chi connectivity index (χ1v) is 29.5. The van der Waals surface area contributed by atoms with Gasteiger partial charge < -0.3 is 0 Å². The average Bonchev–Trinajstić information content (AvgIpc) is 3.32. The minimum absolute atomic E-state index is 0.0260. The summed E-state index contributed by atoms with van der Waals surface area (Å²) in [5, 5.41) is 0. The molecule has 0 aliphatic carbocycles. The molecule has 0 radical (unpaired) electrons. The Bertz CT molecular complexity index is 1190. The van der Waals surface area contributed by atoms with Gasteiger partial charge in [0.2, 0.25) is 0 Å². The second kappa shape index (κ2) is 16.9. The van der Waals surface area contributed by atoms with Gasteiger partial charge in [0, 0.05) is 0 Å². The topological polar surface area (TPSA) is 97.8 Å². The number of nitrogen functional groups attached to an aromatic ring is 1. The van der Waals surface area contributed by atoms with Gasteiger partial charge in [0.15, 0.2) is 0 Å². The molecule has 46 heavy (non-hydrogen) atoms. The third-order valence-electron chi connectivity index (χ3n) is 10.4. The van der Waals surface area contributed by atoms with E-state index in [9.17, 15) is 4.79 Å². The molecule has 0 unspecified atom stereocenters. The number of ether oxygens (including phenoxy) is 1. The molecule has 0 aromatic carbocycles. The van der Waals surface area contributed by atoms with Gasteiger partial charge in [-0.1, -0.05) is 0 Å².